The molecule has 1 amide bonds. The van der Waals surface area contributed by atoms with Crippen molar-refractivity contribution in [2.45, 2.75) is 193 Å². The summed E-state index contributed by atoms with van der Waals surface area (Å²) in [5.74, 6) is -0.320. The number of aliphatic hydroxyl groups excluding tert-OH is 3. The zero-order chi connectivity index (χ0) is 28.8. The summed E-state index contributed by atoms with van der Waals surface area (Å²) < 4.78 is 0. The van der Waals surface area contributed by atoms with Crippen molar-refractivity contribution in [3.05, 3.63) is 12.2 Å². The van der Waals surface area contributed by atoms with Crippen LogP contribution in [0.5, 0.6) is 0 Å². The Morgan fingerprint density at radius 1 is 0.641 bits per heavy atom. The minimum absolute atomic E-state index is 0.0158. The van der Waals surface area contributed by atoms with Crippen molar-refractivity contribution in [3.8, 4) is 0 Å². The third-order valence-electron chi connectivity index (χ3n) is 7.82. The summed E-state index contributed by atoms with van der Waals surface area (Å²) in [4.78, 5) is 12.2. The smallest absolute Gasteiger partial charge is 0.222 e. The van der Waals surface area contributed by atoms with Crippen molar-refractivity contribution in [2.24, 2.45) is 0 Å². The van der Waals surface area contributed by atoms with Gasteiger partial charge in [0, 0.05) is 0 Å². The summed E-state index contributed by atoms with van der Waals surface area (Å²) in [6, 6.07) is -0.736. The summed E-state index contributed by atoms with van der Waals surface area (Å²) in [5, 5.41) is 32.8. The van der Waals surface area contributed by atoms with Gasteiger partial charge in [0.05, 0.1) is 31.3 Å². The number of hydrogen-bond donors (Lipinski definition) is 4. The van der Waals surface area contributed by atoms with Gasteiger partial charge in [-0.1, -0.05) is 161 Å². The average molecular weight is 554 g/mol. The molecule has 5 heteroatoms. The largest absolute Gasteiger partial charge is 0.394 e. The molecule has 0 rings (SSSR count). The maximum Gasteiger partial charge on any atom is 0.222 e. The fourth-order valence-electron chi connectivity index (χ4n) is 5.16. The van der Waals surface area contributed by atoms with Gasteiger partial charge in [-0.25, -0.2) is 0 Å². The molecular formula is C34H67NO4. The van der Waals surface area contributed by atoms with E-state index in [1.54, 1.807) is 6.08 Å². The fourth-order valence-corrected chi connectivity index (χ4v) is 5.16. The molecule has 0 fully saturated rings. The van der Waals surface area contributed by atoms with Gasteiger partial charge in [-0.05, 0) is 19.3 Å². The standard InChI is InChI=1S/C34H67NO4/c1-3-5-7-9-11-12-13-14-15-16-17-18-19-20-22-24-26-28-33(38)32(30-36)35-34(39)29-31(37)27-25-23-21-10-8-6-4-2/h26,28,31-33,36-38H,3-25,27,29-30H2,1-2H3,(H,35,39)/b28-26+. The van der Waals surface area contributed by atoms with Crippen LogP contribution in [-0.4, -0.2) is 46.1 Å². The van der Waals surface area contributed by atoms with E-state index in [0.29, 0.717) is 6.42 Å². The summed E-state index contributed by atoms with van der Waals surface area (Å²) in [5.41, 5.74) is 0. The van der Waals surface area contributed by atoms with Gasteiger partial charge in [-0.3, -0.25) is 4.79 Å². The Morgan fingerprint density at radius 2 is 1.05 bits per heavy atom. The van der Waals surface area contributed by atoms with Crippen molar-refractivity contribution in [3.63, 3.8) is 0 Å². The van der Waals surface area contributed by atoms with Crippen molar-refractivity contribution in [2.75, 3.05) is 6.61 Å². The molecule has 5 nitrogen and oxygen atoms in total. The van der Waals surface area contributed by atoms with Crippen LogP contribution < -0.4 is 5.32 Å². The number of allylic oxidation sites excluding steroid dienone is 1. The second-order valence-electron chi connectivity index (χ2n) is 11.8. The van der Waals surface area contributed by atoms with E-state index in [4.69, 9.17) is 0 Å². The minimum Gasteiger partial charge on any atom is -0.394 e. The molecule has 0 saturated heterocycles. The first-order chi connectivity index (χ1) is 19.0. The van der Waals surface area contributed by atoms with Gasteiger partial charge in [0.25, 0.3) is 0 Å². The van der Waals surface area contributed by atoms with Gasteiger partial charge in [0.1, 0.15) is 0 Å². The lowest BCUT2D eigenvalue weighted by atomic mass is 10.0. The molecule has 0 aromatic rings. The van der Waals surface area contributed by atoms with E-state index in [-0.39, 0.29) is 18.9 Å². The lowest BCUT2D eigenvalue weighted by Crippen LogP contribution is -2.45. The number of nitrogens with one attached hydrogen (secondary N) is 1. The highest BCUT2D eigenvalue weighted by Crippen LogP contribution is 2.14. The normalized spacial score (nSPS) is 14.1. The maximum atomic E-state index is 12.2. The lowest BCUT2D eigenvalue weighted by molar-refractivity contribution is -0.124. The molecule has 0 aromatic carbocycles. The summed E-state index contributed by atoms with van der Waals surface area (Å²) in [6.07, 6.45) is 32.0. The van der Waals surface area contributed by atoms with Crippen molar-refractivity contribution in [1.82, 2.24) is 5.32 Å². The Bertz CT molecular complexity index is 539. The third kappa shape index (κ3) is 27.0. The van der Waals surface area contributed by atoms with E-state index in [1.165, 1.54) is 122 Å². The topological polar surface area (TPSA) is 89.8 Å². The molecular weight excluding hydrogens is 486 g/mol. The number of amides is 1. The Kier molecular flexibility index (Phi) is 29.4. The SMILES string of the molecule is CCCCCCCCCCCCCCCCC/C=C/C(O)C(CO)NC(=O)CC(O)CCCCCCCCC. The molecule has 0 spiro atoms. The number of aliphatic hydroxyl groups is 3. The predicted octanol–water partition coefficient (Wildman–Crippen LogP) is 8.53. The second kappa shape index (κ2) is 30.1. The van der Waals surface area contributed by atoms with E-state index >= 15 is 0 Å². The van der Waals surface area contributed by atoms with Crippen LogP contribution in [0.2, 0.25) is 0 Å². The highest BCUT2D eigenvalue weighted by Gasteiger charge is 2.20. The molecule has 0 aliphatic heterocycles. The van der Waals surface area contributed by atoms with Crippen LogP contribution in [0.4, 0.5) is 0 Å². The predicted molar refractivity (Wildman–Crippen MR) is 167 cm³/mol. The van der Waals surface area contributed by atoms with Crippen LogP contribution in [0, 0.1) is 0 Å². The Labute approximate surface area is 242 Å². The molecule has 0 aliphatic rings. The molecule has 0 aromatic heterocycles. The monoisotopic (exact) mass is 554 g/mol. The van der Waals surface area contributed by atoms with E-state index in [0.717, 1.165) is 25.7 Å². The van der Waals surface area contributed by atoms with Crippen LogP contribution in [0.1, 0.15) is 174 Å². The third-order valence-corrected chi connectivity index (χ3v) is 7.82. The summed E-state index contributed by atoms with van der Waals surface area (Å²) >= 11 is 0. The Balaban J connectivity index is 3.71. The summed E-state index contributed by atoms with van der Waals surface area (Å²) in [7, 11) is 0. The number of rotatable bonds is 30. The molecule has 4 N–H and O–H groups in total. The van der Waals surface area contributed by atoms with Gasteiger partial charge in [-0.15, -0.1) is 0 Å². The fraction of sp³-hybridized carbons (Fsp3) is 0.912. The van der Waals surface area contributed by atoms with Gasteiger partial charge >= 0.3 is 0 Å². The van der Waals surface area contributed by atoms with Gasteiger partial charge in [0.2, 0.25) is 5.91 Å². The van der Waals surface area contributed by atoms with Crippen LogP contribution in [-0.2, 0) is 4.79 Å². The van der Waals surface area contributed by atoms with E-state index in [9.17, 15) is 20.1 Å². The van der Waals surface area contributed by atoms with Crippen LogP contribution in [0.3, 0.4) is 0 Å². The molecule has 0 heterocycles. The van der Waals surface area contributed by atoms with Gasteiger partial charge in [0.15, 0.2) is 0 Å². The first kappa shape index (κ1) is 38.1. The maximum absolute atomic E-state index is 12.2. The van der Waals surface area contributed by atoms with E-state index in [1.807, 2.05) is 6.08 Å². The molecule has 0 bridgehead atoms. The van der Waals surface area contributed by atoms with Crippen molar-refractivity contribution >= 4 is 5.91 Å². The zero-order valence-corrected chi connectivity index (χ0v) is 26.0. The van der Waals surface area contributed by atoms with Crippen LogP contribution >= 0.6 is 0 Å². The number of carbonyl (C=O) groups is 1. The van der Waals surface area contributed by atoms with E-state index in [2.05, 4.69) is 19.2 Å². The molecule has 3 atom stereocenters. The van der Waals surface area contributed by atoms with Crippen LogP contribution in [0.15, 0.2) is 12.2 Å². The number of unbranched alkanes of at least 4 members (excludes halogenated alkanes) is 21. The molecule has 39 heavy (non-hydrogen) atoms. The van der Waals surface area contributed by atoms with Crippen molar-refractivity contribution < 1.29 is 20.1 Å². The van der Waals surface area contributed by atoms with Gasteiger partial charge in [-0.2, -0.15) is 0 Å². The molecule has 3 unspecified atom stereocenters. The molecule has 0 radical (unpaired) electrons. The van der Waals surface area contributed by atoms with Gasteiger partial charge < -0.3 is 20.6 Å². The molecule has 232 valence electrons. The van der Waals surface area contributed by atoms with Crippen LogP contribution in [0.25, 0.3) is 0 Å². The first-order valence-corrected chi connectivity index (χ1v) is 17.0. The quantitative estimate of drug-likeness (QED) is 0.0530. The Morgan fingerprint density at radius 3 is 1.49 bits per heavy atom. The average Bonchev–Trinajstić information content (AvgIpc) is 2.92. The Hall–Kier alpha value is -0.910. The summed E-state index contributed by atoms with van der Waals surface area (Å²) in [6.45, 7) is 4.15. The number of hydrogen-bond acceptors (Lipinski definition) is 4. The van der Waals surface area contributed by atoms with E-state index < -0.39 is 18.2 Å². The zero-order valence-electron chi connectivity index (χ0n) is 26.0. The molecule has 0 saturated carbocycles. The second-order valence-corrected chi connectivity index (χ2v) is 11.8. The number of carbonyl (C=O) groups excluding carboxylic acids is 1. The molecule has 0 aliphatic carbocycles. The highest BCUT2D eigenvalue weighted by atomic mass is 16.3. The minimum atomic E-state index is -0.921. The highest BCUT2D eigenvalue weighted by molar-refractivity contribution is 5.76. The lowest BCUT2D eigenvalue weighted by Gasteiger charge is -2.21. The van der Waals surface area contributed by atoms with Crippen molar-refractivity contribution in [1.29, 1.82) is 0 Å². The first-order valence-electron chi connectivity index (χ1n) is 17.0.